The summed E-state index contributed by atoms with van der Waals surface area (Å²) < 4.78 is 41.4. The van der Waals surface area contributed by atoms with E-state index < -0.39 is 26.8 Å². The molecule has 7 nitrogen and oxygen atoms in total. The van der Waals surface area contributed by atoms with Crippen LogP contribution in [0.4, 0.5) is 4.39 Å². The standard InChI is InChI=1S/C20H33FN4O3S2/c1-3-24-12-14-25(15-13-24)11-6-10-22-20(26)18(9-16-29-2)23-30(27,28)19-8-5-4-7-17(19)21/h4-5,7-8,18,23H,3,6,9-16H2,1-2H3,(H,22,26). The molecule has 1 amide bonds. The number of likely N-dealkylation sites (N-methyl/N-ethyl adjacent to an activating group) is 1. The highest BCUT2D eigenvalue weighted by molar-refractivity contribution is 7.98. The first kappa shape index (κ1) is 25.1. The highest BCUT2D eigenvalue weighted by Gasteiger charge is 2.27. The van der Waals surface area contributed by atoms with Gasteiger partial charge in [-0.05, 0) is 50.1 Å². The molecule has 30 heavy (non-hydrogen) atoms. The molecule has 1 unspecified atom stereocenters. The molecule has 0 aliphatic carbocycles. The van der Waals surface area contributed by atoms with Crippen molar-refractivity contribution in [1.82, 2.24) is 19.8 Å². The monoisotopic (exact) mass is 460 g/mol. The lowest BCUT2D eigenvalue weighted by Gasteiger charge is -2.34. The Morgan fingerprint density at radius 1 is 1.20 bits per heavy atom. The summed E-state index contributed by atoms with van der Waals surface area (Å²) in [5, 5.41) is 2.83. The molecule has 10 heteroatoms. The predicted molar refractivity (Wildman–Crippen MR) is 120 cm³/mol. The van der Waals surface area contributed by atoms with Gasteiger partial charge in [-0.2, -0.15) is 16.5 Å². The minimum absolute atomic E-state index is 0.333. The Labute approximate surface area is 183 Å². The van der Waals surface area contributed by atoms with Gasteiger partial charge < -0.3 is 15.1 Å². The van der Waals surface area contributed by atoms with Crippen molar-refractivity contribution in [2.45, 2.75) is 30.7 Å². The molecule has 1 aromatic carbocycles. The van der Waals surface area contributed by atoms with E-state index in [1.165, 1.54) is 30.0 Å². The normalized spacial score (nSPS) is 17.0. The van der Waals surface area contributed by atoms with Gasteiger partial charge in [-0.3, -0.25) is 4.79 Å². The highest BCUT2D eigenvalue weighted by Crippen LogP contribution is 2.15. The number of rotatable bonds is 12. The third-order valence-electron chi connectivity index (χ3n) is 5.21. The van der Waals surface area contributed by atoms with Gasteiger partial charge in [0.2, 0.25) is 15.9 Å². The molecule has 0 spiro atoms. The Morgan fingerprint density at radius 2 is 1.87 bits per heavy atom. The lowest BCUT2D eigenvalue weighted by molar-refractivity contribution is -0.122. The molecule has 1 aromatic rings. The number of benzene rings is 1. The molecule has 1 fully saturated rings. The molecule has 0 aromatic heterocycles. The lowest BCUT2D eigenvalue weighted by atomic mass is 10.2. The van der Waals surface area contributed by atoms with Crippen molar-refractivity contribution in [3.05, 3.63) is 30.1 Å². The first-order chi connectivity index (χ1) is 14.4. The number of halogens is 1. The summed E-state index contributed by atoms with van der Waals surface area (Å²) in [6.07, 6.45) is 3.02. The van der Waals surface area contributed by atoms with Gasteiger partial charge in [-0.25, -0.2) is 12.8 Å². The molecule has 0 bridgehead atoms. The molecule has 1 atom stereocenters. The van der Waals surface area contributed by atoms with Crippen LogP contribution in [0.15, 0.2) is 29.2 Å². The molecular weight excluding hydrogens is 427 g/mol. The molecular formula is C20H33FN4O3S2. The maximum absolute atomic E-state index is 13.9. The van der Waals surface area contributed by atoms with Gasteiger partial charge in [-0.1, -0.05) is 19.1 Å². The topological polar surface area (TPSA) is 81.8 Å². The molecule has 0 radical (unpaired) electrons. The van der Waals surface area contributed by atoms with E-state index in [9.17, 15) is 17.6 Å². The molecule has 2 N–H and O–H groups in total. The zero-order valence-electron chi connectivity index (χ0n) is 17.8. The van der Waals surface area contributed by atoms with Crippen molar-refractivity contribution in [2.24, 2.45) is 0 Å². The van der Waals surface area contributed by atoms with Crippen LogP contribution in [0.25, 0.3) is 0 Å². The molecule has 0 saturated carbocycles. The Kier molecular flexibility index (Phi) is 10.5. The zero-order valence-corrected chi connectivity index (χ0v) is 19.4. The number of piperazine rings is 1. The number of carbonyl (C=O) groups excluding carboxylic acids is 1. The lowest BCUT2D eigenvalue weighted by Crippen LogP contribution is -2.48. The Bertz CT molecular complexity index is 771. The van der Waals surface area contributed by atoms with Crippen LogP contribution < -0.4 is 10.0 Å². The largest absolute Gasteiger partial charge is 0.355 e. The van der Waals surface area contributed by atoms with Crippen molar-refractivity contribution in [3.8, 4) is 0 Å². The summed E-state index contributed by atoms with van der Waals surface area (Å²) in [7, 11) is -4.13. The third kappa shape index (κ3) is 7.81. The number of carbonyl (C=O) groups is 1. The van der Waals surface area contributed by atoms with Gasteiger partial charge in [0.15, 0.2) is 0 Å². The maximum Gasteiger partial charge on any atom is 0.244 e. The first-order valence-corrected chi connectivity index (χ1v) is 13.2. The van der Waals surface area contributed by atoms with Crippen LogP contribution in [0.2, 0.25) is 0 Å². The number of sulfonamides is 1. The van der Waals surface area contributed by atoms with Gasteiger partial charge in [0.1, 0.15) is 16.8 Å². The molecule has 170 valence electrons. The average molecular weight is 461 g/mol. The summed E-state index contributed by atoms with van der Waals surface area (Å²) in [5.41, 5.74) is 0. The first-order valence-electron chi connectivity index (χ1n) is 10.4. The summed E-state index contributed by atoms with van der Waals surface area (Å²) in [5.74, 6) is -0.600. The number of nitrogens with one attached hydrogen (secondary N) is 2. The SMILES string of the molecule is CCN1CCN(CCCNC(=O)C(CCSC)NS(=O)(=O)c2ccccc2F)CC1. The van der Waals surface area contributed by atoms with Crippen molar-refractivity contribution < 1.29 is 17.6 Å². The molecule has 1 saturated heterocycles. The van der Waals surface area contributed by atoms with E-state index in [0.29, 0.717) is 18.7 Å². The van der Waals surface area contributed by atoms with Crippen LogP contribution in [0, 0.1) is 5.82 Å². The zero-order chi connectivity index (χ0) is 22.0. The number of hydrogen-bond donors (Lipinski definition) is 2. The van der Waals surface area contributed by atoms with Crippen LogP contribution in [0.1, 0.15) is 19.8 Å². The third-order valence-corrected chi connectivity index (χ3v) is 7.36. The molecule has 1 heterocycles. The second-order valence-corrected chi connectivity index (χ2v) is 9.97. The second-order valence-electron chi connectivity index (χ2n) is 7.31. The summed E-state index contributed by atoms with van der Waals surface area (Å²) in [4.78, 5) is 17.0. The van der Waals surface area contributed by atoms with Gasteiger partial charge in [0.05, 0.1) is 0 Å². The van der Waals surface area contributed by atoms with Gasteiger partial charge in [0, 0.05) is 32.7 Å². The van der Waals surface area contributed by atoms with E-state index >= 15 is 0 Å². The van der Waals surface area contributed by atoms with Gasteiger partial charge in [-0.15, -0.1) is 0 Å². The number of nitrogens with zero attached hydrogens (tertiary/aromatic N) is 2. The fourth-order valence-corrected chi connectivity index (χ4v) is 5.14. The van der Waals surface area contributed by atoms with Gasteiger partial charge >= 0.3 is 0 Å². The smallest absolute Gasteiger partial charge is 0.244 e. The second kappa shape index (κ2) is 12.6. The van der Waals surface area contributed by atoms with Crippen molar-refractivity contribution in [3.63, 3.8) is 0 Å². The Balaban J connectivity index is 1.85. The number of hydrogen-bond acceptors (Lipinski definition) is 6. The maximum atomic E-state index is 13.9. The summed E-state index contributed by atoms with van der Waals surface area (Å²) in [6, 6.07) is 4.23. The highest BCUT2D eigenvalue weighted by atomic mass is 32.2. The van der Waals surface area contributed by atoms with Crippen molar-refractivity contribution >= 4 is 27.7 Å². The van der Waals surface area contributed by atoms with Gasteiger partial charge in [0.25, 0.3) is 0 Å². The number of amides is 1. The average Bonchev–Trinajstić information content (AvgIpc) is 2.74. The van der Waals surface area contributed by atoms with Crippen molar-refractivity contribution in [2.75, 3.05) is 57.8 Å². The van der Waals surface area contributed by atoms with E-state index in [4.69, 9.17) is 0 Å². The van der Waals surface area contributed by atoms with Crippen LogP contribution in [-0.4, -0.2) is 88.0 Å². The minimum Gasteiger partial charge on any atom is -0.355 e. The molecule has 1 aliphatic rings. The fraction of sp³-hybridized carbons (Fsp3) is 0.650. The molecule has 1 aliphatic heterocycles. The van der Waals surface area contributed by atoms with E-state index in [-0.39, 0.29) is 5.91 Å². The summed E-state index contributed by atoms with van der Waals surface area (Å²) >= 11 is 1.52. The Morgan fingerprint density at radius 3 is 2.50 bits per heavy atom. The summed E-state index contributed by atoms with van der Waals surface area (Å²) in [6.45, 7) is 8.80. The number of thioether (sulfide) groups is 1. The van der Waals surface area contributed by atoms with Crippen LogP contribution >= 0.6 is 11.8 Å². The van der Waals surface area contributed by atoms with E-state index in [2.05, 4.69) is 26.8 Å². The van der Waals surface area contributed by atoms with Crippen LogP contribution in [0.3, 0.4) is 0 Å². The van der Waals surface area contributed by atoms with Crippen LogP contribution in [0.5, 0.6) is 0 Å². The predicted octanol–water partition coefficient (Wildman–Crippen LogP) is 1.37. The van der Waals surface area contributed by atoms with Crippen molar-refractivity contribution in [1.29, 1.82) is 0 Å². The van der Waals surface area contributed by atoms with E-state index in [0.717, 1.165) is 51.8 Å². The fourth-order valence-electron chi connectivity index (χ4n) is 3.36. The Hall–Kier alpha value is -1.20. The quantitative estimate of drug-likeness (QED) is 0.459. The minimum atomic E-state index is -4.13. The van der Waals surface area contributed by atoms with E-state index in [1.54, 1.807) is 0 Å². The molecule has 2 rings (SSSR count). The van der Waals surface area contributed by atoms with E-state index in [1.807, 2.05) is 6.26 Å². The van der Waals surface area contributed by atoms with Crippen LogP contribution in [-0.2, 0) is 14.8 Å².